The van der Waals surface area contributed by atoms with Crippen molar-refractivity contribution in [3.05, 3.63) is 34.6 Å². The van der Waals surface area contributed by atoms with Crippen LogP contribution in [0.4, 0.5) is 5.95 Å². The van der Waals surface area contributed by atoms with Gasteiger partial charge in [-0.1, -0.05) is 31.2 Å². The molecule has 0 unspecified atom stereocenters. The van der Waals surface area contributed by atoms with Gasteiger partial charge in [-0.3, -0.25) is 0 Å². The normalized spacial score (nSPS) is 10.3. The number of hydrogen-bond donors (Lipinski definition) is 2. The smallest absolute Gasteiger partial charge is 0.224 e. The van der Waals surface area contributed by atoms with E-state index in [1.54, 1.807) is 0 Å². The lowest BCUT2D eigenvalue weighted by Gasteiger charge is -2.03. The predicted molar refractivity (Wildman–Crippen MR) is 66.4 cm³/mol. The lowest BCUT2D eigenvalue weighted by atomic mass is 10.1. The predicted octanol–water partition coefficient (Wildman–Crippen LogP) is 2.35. The Labute approximate surface area is 98.6 Å². The number of nitrogen functional groups attached to an aromatic ring is 1. The Morgan fingerprint density at radius 3 is 2.50 bits per heavy atom. The summed E-state index contributed by atoms with van der Waals surface area (Å²) in [6, 6.07) is 8.10. The fourth-order valence-electron chi connectivity index (χ4n) is 1.44. The SMILES string of the molecule is CCc1ccc(-c2nc(=S)nc(N)[nH]2)cc1. The van der Waals surface area contributed by atoms with Gasteiger partial charge >= 0.3 is 0 Å². The van der Waals surface area contributed by atoms with Crippen molar-refractivity contribution in [2.45, 2.75) is 13.3 Å². The Morgan fingerprint density at radius 1 is 1.25 bits per heavy atom. The lowest BCUT2D eigenvalue weighted by molar-refractivity contribution is 1.05. The molecule has 1 aromatic carbocycles. The zero-order valence-corrected chi connectivity index (χ0v) is 9.71. The van der Waals surface area contributed by atoms with E-state index in [-0.39, 0.29) is 10.7 Å². The van der Waals surface area contributed by atoms with Crippen molar-refractivity contribution in [1.29, 1.82) is 0 Å². The van der Waals surface area contributed by atoms with E-state index in [4.69, 9.17) is 18.0 Å². The average molecular weight is 232 g/mol. The van der Waals surface area contributed by atoms with Gasteiger partial charge in [0.05, 0.1) is 0 Å². The largest absolute Gasteiger partial charge is 0.369 e. The van der Waals surface area contributed by atoms with Crippen LogP contribution in [0.1, 0.15) is 12.5 Å². The monoisotopic (exact) mass is 232 g/mol. The Balaban J connectivity index is 2.46. The van der Waals surface area contributed by atoms with Crippen LogP contribution in [-0.4, -0.2) is 15.0 Å². The number of benzene rings is 1. The Kier molecular flexibility index (Phi) is 2.96. The molecule has 4 nitrogen and oxygen atoms in total. The van der Waals surface area contributed by atoms with Crippen molar-refractivity contribution in [3.63, 3.8) is 0 Å². The second-order valence-corrected chi connectivity index (χ2v) is 3.78. The fraction of sp³-hybridized carbons (Fsp3) is 0.182. The van der Waals surface area contributed by atoms with Crippen LogP contribution in [0, 0.1) is 4.77 Å². The first-order chi connectivity index (χ1) is 7.69. The highest BCUT2D eigenvalue weighted by Crippen LogP contribution is 2.15. The molecule has 0 aliphatic rings. The van der Waals surface area contributed by atoms with Gasteiger partial charge in [0.2, 0.25) is 10.7 Å². The van der Waals surface area contributed by atoms with Crippen LogP contribution in [0.2, 0.25) is 0 Å². The number of aryl methyl sites for hydroxylation is 1. The van der Waals surface area contributed by atoms with Gasteiger partial charge in [0.25, 0.3) is 0 Å². The topological polar surface area (TPSA) is 67.6 Å². The average Bonchev–Trinajstić information content (AvgIpc) is 2.28. The van der Waals surface area contributed by atoms with Crippen LogP contribution >= 0.6 is 12.2 Å². The zero-order chi connectivity index (χ0) is 11.5. The molecule has 0 aliphatic carbocycles. The van der Waals surface area contributed by atoms with Gasteiger partial charge in [-0.2, -0.15) is 4.98 Å². The Hall–Kier alpha value is -1.75. The van der Waals surface area contributed by atoms with E-state index < -0.39 is 0 Å². The summed E-state index contributed by atoms with van der Waals surface area (Å²) in [5.74, 6) is 0.940. The van der Waals surface area contributed by atoms with Crippen LogP contribution in [0.25, 0.3) is 11.4 Å². The highest BCUT2D eigenvalue weighted by atomic mass is 32.1. The second kappa shape index (κ2) is 4.40. The first kappa shape index (κ1) is 10.8. The molecule has 3 N–H and O–H groups in total. The number of H-pyrrole nitrogens is 1. The maximum atomic E-state index is 5.58. The van der Waals surface area contributed by atoms with Gasteiger partial charge in [0.15, 0.2) is 0 Å². The number of nitrogens with zero attached hydrogens (tertiary/aromatic N) is 2. The van der Waals surface area contributed by atoms with E-state index >= 15 is 0 Å². The van der Waals surface area contributed by atoms with Crippen LogP contribution < -0.4 is 5.73 Å². The van der Waals surface area contributed by atoms with Crippen molar-refractivity contribution in [3.8, 4) is 11.4 Å². The molecule has 0 bridgehead atoms. The standard InChI is InChI=1S/C11H12N4S/c1-2-7-3-5-8(6-4-7)9-13-10(12)15-11(16)14-9/h3-6H,2H2,1H3,(H3,12,13,14,15,16). The first-order valence-corrected chi connectivity index (χ1v) is 5.43. The van der Waals surface area contributed by atoms with Crippen molar-refractivity contribution < 1.29 is 0 Å². The van der Waals surface area contributed by atoms with Crippen LogP contribution in [0.15, 0.2) is 24.3 Å². The summed E-state index contributed by atoms with van der Waals surface area (Å²) in [4.78, 5) is 10.8. The first-order valence-electron chi connectivity index (χ1n) is 5.02. The third-order valence-electron chi connectivity index (χ3n) is 2.31. The summed E-state index contributed by atoms with van der Waals surface area (Å²) in [7, 11) is 0. The van der Waals surface area contributed by atoms with E-state index in [9.17, 15) is 0 Å². The van der Waals surface area contributed by atoms with Crippen LogP contribution in [-0.2, 0) is 6.42 Å². The van der Waals surface area contributed by atoms with Gasteiger partial charge < -0.3 is 10.7 Å². The van der Waals surface area contributed by atoms with E-state index in [0.717, 1.165) is 12.0 Å². The highest BCUT2D eigenvalue weighted by molar-refractivity contribution is 7.71. The summed E-state index contributed by atoms with van der Waals surface area (Å²) in [5, 5.41) is 0. The quantitative estimate of drug-likeness (QED) is 0.780. The molecule has 82 valence electrons. The number of aromatic amines is 1. The highest BCUT2D eigenvalue weighted by Gasteiger charge is 2.01. The minimum atomic E-state index is 0.255. The van der Waals surface area contributed by atoms with Gasteiger partial charge in [-0.15, -0.1) is 0 Å². The summed E-state index contributed by atoms with van der Waals surface area (Å²) in [5.41, 5.74) is 7.82. The van der Waals surface area contributed by atoms with Crippen LogP contribution in [0.3, 0.4) is 0 Å². The molecule has 0 saturated carbocycles. The Bertz CT molecular complexity index is 545. The second-order valence-electron chi connectivity index (χ2n) is 3.42. The summed E-state index contributed by atoms with van der Waals surface area (Å²) in [6.45, 7) is 2.12. The third kappa shape index (κ3) is 2.25. The van der Waals surface area contributed by atoms with Gasteiger partial charge in [-0.05, 0) is 24.2 Å². The van der Waals surface area contributed by atoms with E-state index in [1.165, 1.54) is 5.56 Å². The minimum absolute atomic E-state index is 0.255. The number of anilines is 1. The maximum Gasteiger partial charge on any atom is 0.224 e. The molecule has 0 spiro atoms. The van der Waals surface area contributed by atoms with Gasteiger partial charge in [0.1, 0.15) is 5.82 Å². The molecule has 0 fully saturated rings. The molecule has 0 amide bonds. The number of nitrogens with one attached hydrogen (secondary N) is 1. The van der Waals surface area contributed by atoms with Crippen molar-refractivity contribution >= 4 is 18.2 Å². The maximum absolute atomic E-state index is 5.58. The molecule has 1 aromatic heterocycles. The number of aromatic nitrogens is 3. The molecule has 0 atom stereocenters. The third-order valence-corrected chi connectivity index (χ3v) is 2.49. The number of hydrogen-bond acceptors (Lipinski definition) is 4. The molecule has 0 saturated heterocycles. The van der Waals surface area contributed by atoms with Crippen LogP contribution in [0.5, 0.6) is 0 Å². The molecular formula is C11H12N4S. The molecule has 0 aliphatic heterocycles. The summed E-state index contributed by atoms with van der Waals surface area (Å²) >= 11 is 4.91. The van der Waals surface area contributed by atoms with Crippen molar-refractivity contribution in [1.82, 2.24) is 15.0 Å². The Morgan fingerprint density at radius 2 is 1.94 bits per heavy atom. The lowest BCUT2D eigenvalue weighted by Crippen LogP contribution is -1.99. The molecule has 2 aromatic rings. The number of nitrogens with two attached hydrogens (primary N) is 1. The summed E-state index contributed by atoms with van der Waals surface area (Å²) < 4.78 is 0.255. The van der Waals surface area contributed by atoms with Gasteiger partial charge in [0, 0.05) is 5.56 Å². The molecule has 2 rings (SSSR count). The summed E-state index contributed by atoms with van der Waals surface area (Å²) in [6.07, 6.45) is 1.02. The molecule has 16 heavy (non-hydrogen) atoms. The number of rotatable bonds is 2. The molecule has 5 heteroatoms. The van der Waals surface area contributed by atoms with Crippen molar-refractivity contribution in [2.75, 3.05) is 5.73 Å². The van der Waals surface area contributed by atoms with E-state index in [0.29, 0.717) is 5.82 Å². The molecule has 0 radical (unpaired) electrons. The van der Waals surface area contributed by atoms with Gasteiger partial charge in [-0.25, -0.2) is 4.98 Å². The van der Waals surface area contributed by atoms with E-state index in [2.05, 4.69) is 34.0 Å². The zero-order valence-electron chi connectivity index (χ0n) is 8.90. The molecular weight excluding hydrogens is 220 g/mol. The van der Waals surface area contributed by atoms with Crippen molar-refractivity contribution in [2.24, 2.45) is 0 Å². The molecule has 1 heterocycles. The minimum Gasteiger partial charge on any atom is -0.369 e. The van der Waals surface area contributed by atoms with E-state index in [1.807, 2.05) is 12.1 Å². The fourth-order valence-corrected chi connectivity index (χ4v) is 1.63.